The third kappa shape index (κ3) is 2.44. The van der Waals surface area contributed by atoms with Gasteiger partial charge in [-0.05, 0) is 32.3 Å². The Bertz CT molecular complexity index is 422. The minimum absolute atomic E-state index is 0.102. The normalized spacial score (nSPS) is 31.5. The van der Waals surface area contributed by atoms with Gasteiger partial charge in [0.05, 0.1) is 5.54 Å². The molecule has 1 aliphatic carbocycles. The Kier molecular flexibility index (Phi) is 3.40. The van der Waals surface area contributed by atoms with Gasteiger partial charge in [0.25, 0.3) is 0 Å². The lowest BCUT2D eigenvalue weighted by molar-refractivity contribution is 0.0433. The van der Waals surface area contributed by atoms with Crippen molar-refractivity contribution in [1.82, 2.24) is 10.2 Å². The maximum atomic E-state index is 3.74. The van der Waals surface area contributed by atoms with E-state index in [2.05, 4.69) is 54.4 Å². The van der Waals surface area contributed by atoms with E-state index < -0.39 is 0 Å². The Morgan fingerprint density at radius 3 is 2.42 bits per heavy atom. The van der Waals surface area contributed by atoms with E-state index in [1.807, 2.05) is 0 Å². The second-order valence-corrected chi connectivity index (χ2v) is 6.75. The number of nitrogens with one attached hydrogen (secondary N) is 1. The molecule has 0 bridgehead atoms. The van der Waals surface area contributed by atoms with Gasteiger partial charge in [-0.3, -0.25) is 4.90 Å². The Morgan fingerprint density at radius 1 is 1.05 bits per heavy atom. The highest BCUT2D eigenvalue weighted by atomic mass is 15.3. The van der Waals surface area contributed by atoms with Crippen molar-refractivity contribution < 1.29 is 0 Å². The zero-order chi connectivity index (χ0) is 13.3. The molecule has 1 atom stereocenters. The van der Waals surface area contributed by atoms with Crippen LogP contribution in [0.3, 0.4) is 0 Å². The fraction of sp³-hybridized carbons (Fsp3) is 0.647. The second-order valence-electron chi connectivity index (χ2n) is 6.75. The van der Waals surface area contributed by atoms with Crippen LogP contribution in [0.2, 0.25) is 0 Å². The summed E-state index contributed by atoms with van der Waals surface area (Å²) in [6, 6.07) is 10.9. The van der Waals surface area contributed by atoms with Crippen LogP contribution in [0.25, 0.3) is 0 Å². The van der Waals surface area contributed by atoms with E-state index in [1.165, 1.54) is 37.8 Å². The van der Waals surface area contributed by atoms with E-state index in [0.717, 1.165) is 13.1 Å². The first-order chi connectivity index (χ1) is 9.12. The summed E-state index contributed by atoms with van der Waals surface area (Å²) < 4.78 is 0. The Hall–Kier alpha value is -0.860. The molecule has 3 rings (SSSR count). The summed E-state index contributed by atoms with van der Waals surface area (Å²) in [5.41, 5.74) is 1.96. The van der Waals surface area contributed by atoms with Crippen molar-refractivity contribution in [2.24, 2.45) is 0 Å². The number of piperazine rings is 1. The van der Waals surface area contributed by atoms with Crippen LogP contribution < -0.4 is 5.32 Å². The molecule has 1 aromatic rings. The number of rotatable bonds is 2. The van der Waals surface area contributed by atoms with Crippen molar-refractivity contribution in [2.75, 3.05) is 19.6 Å². The van der Waals surface area contributed by atoms with Crippen molar-refractivity contribution in [3.63, 3.8) is 0 Å². The summed E-state index contributed by atoms with van der Waals surface area (Å²) >= 11 is 0. The van der Waals surface area contributed by atoms with Crippen molar-refractivity contribution >= 4 is 0 Å². The van der Waals surface area contributed by atoms with Gasteiger partial charge in [-0.1, -0.05) is 43.2 Å². The van der Waals surface area contributed by atoms with Crippen molar-refractivity contribution in [3.8, 4) is 0 Å². The smallest absolute Gasteiger partial charge is 0.0535 e. The lowest BCUT2D eigenvalue weighted by Crippen LogP contribution is -2.61. The molecule has 1 saturated heterocycles. The van der Waals surface area contributed by atoms with E-state index in [9.17, 15) is 0 Å². The van der Waals surface area contributed by atoms with Gasteiger partial charge >= 0.3 is 0 Å². The molecule has 104 valence electrons. The Labute approximate surface area is 117 Å². The van der Waals surface area contributed by atoms with Crippen LogP contribution in [0.15, 0.2) is 30.3 Å². The average molecular weight is 258 g/mol. The molecule has 0 radical (unpaired) electrons. The molecule has 0 spiro atoms. The predicted octanol–water partition coefficient (Wildman–Crippen LogP) is 3.14. The topological polar surface area (TPSA) is 15.3 Å². The maximum Gasteiger partial charge on any atom is 0.0535 e. The van der Waals surface area contributed by atoms with Gasteiger partial charge in [0.2, 0.25) is 0 Å². The average Bonchev–Trinajstić information content (AvgIpc) is 2.88. The minimum Gasteiger partial charge on any atom is -0.305 e. The number of benzene rings is 1. The zero-order valence-corrected chi connectivity index (χ0v) is 12.3. The van der Waals surface area contributed by atoms with Crippen LogP contribution in [-0.2, 0) is 5.54 Å². The van der Waals surface area contributed by atoms with Gasteiger partial charge in [-0.2, -0.15) is 0 Å². The largest absolute Gasteiger partial charge is 0.305 e. The molecule has 2 fully saturated rings. The third-order valence-corrected chi connectivity index (χ3v) is 5.26. The molecule has 1 heterocycles. The molecular formula is C17H26N2. The maximum absolute atomic E-state index is 3.74. The Balaban J connectivity index is 1.81. The summed E-state index contributed by atoms with van der Waals surface area (Å²) in [7, 11) is 0. The highest BCUT2D eigenvalue weighted by Crippen LogP contribution is 2.37. The molecule has 0 amide bonds. The molecule has 1 unspecified atom stereocenters. The van der Waals surface area contributed by atoms with E-state index in [0.29, 0.717) is 5.54 Å². The monoisotopic (exact) mass is 258 g/mol. The zero-order valence-electron chi connectivity index (χ0n) is 12.3. The van der Waals surface area contributed by atoms with Crippen molar-refractivity contribution in [3.05, 3.63) is 35.9 Å². The van der Waals surface area contributed by atoms with Crippen LogP contribution >= 0.6 is 0 Å². The molecular weight excluding hydrogens is 232 g/mol. The molecule has 1 N–H and O–H groups in total. The number of hydrogen-bond donors (Lipinski definition) is 1. The summed E-state index contributed by atoms with van der Waals surface area (Å²) in [5, 5.41) is 3.74. The van der Waals surface area contributed by atoms with Crippen LogP contribution in [-0.4, -0.2) is 30.1 Å². The number of hydrogen-bond acceptors (Lipinski definition) is 2. The first kappa shape index (κ1) is 13.1. The van der Waals surface area contributed by atoms with Crippen LogP contribution in [0, 0.1) is 0 Å². The molecule has 0 aromatic heterocycles. The summed E-state index contributed by atoms with van der Waals surface area (Å²) in [5.74, 6) is 0. The first-order valence-electron chi connectivity index (χ1n) is 7.68. The van der Waals surface area contributed by atoms with E-state index >= 15 is 0 Å². The van der Waals surface area contributed by atoms with Crippen molar-refractivity contribution in [2.45, 2.75) is 50.6 Å². The highest BCUT2D eigenvalue weighted by Gasteiger charge is 2.41. The molecule has 2 nitrogen and oxygen atoms in total. The first-order valence-corrected chi connectivity index (χ1v) is 7.68. The van der Waals surface area contributed by atoms with E-state index in [1.54, 1.807) is 0 Å². The van der Waals surface area contributed by atoms with E-state index in [-0.39, 0.29) is 5.54 Å². The quantitative estimate of drug-likeness (QED) is 0.876. The Morgan fingerprint density at radius 2 is 1.74 bits per heavy atom. The van der Waals surface area contributed by atoms with E-state index in [4.69, 9.17) is 0 Å². The molecule has 2 aliphatic rings. The molecule has 2 heteroatoms. The van der Waals surface area contributed by atoms with Gasteiger partial charge in [0.1, 0.15) is 0 Å². The van der Waals surface area contributed by atoms with Crippen molar-refractivity contribution in [1.29, 1.82) is 0 Å². The lowest BCUT2D eigenvalue weighted by Gasteiger charge is -2.48. The summed E-state index contributed by atoms with van der Waals surface area (Å²) in [6.45, 7) is 8.25. The van der Waals surface area contributed by atoms with Crippen LogP contribution in [0.5, 0.6) is 0 Å². The lowest BCUT2D eigenvalue weighted by atomic mass is 9.86. The van der Waals surface area contributed by atoms with Crippen LogP contribution in [0.1, 0.15) is 45.1 Å². The minimum atomic E-state index is 0.102. The second kappa shape index (κ2) is 4.92. The molecule has 1 aliphatic heterocycles. The van der Waals surface area contributed by atoms with Gasteiger partial charge in [0, 0.05) is 25.2 Å². The fourth-order valence-corrected chi connectivity index (χ4v) is 3.90. The summed E-state index contributed by atoms with van der Waals surface area (Å²) in [4.78, 5) is 2.74. The van der Waals surface area contributed by atoms with Crippen LogP contribution in [0.4, 0.5) is 0 Å². The number of nitrogens with zero attached hydrogens (tertiary/aromatic N) is 1. The SMILES string of the molecule is CC1(c2ccccc2)CN(C2(C)CCCC2)CCN1. The van der Waals surface area contributed by atoms with Gasteiger partial charge in [-0.15, -0.1) is 0 Å². The van der Waals surface area contributed by atoms with Gasteiger partial charge in [-0.25, -0.2) is 0 Å². The standard InChI is InChI=1S/C17H26N2/c1-16(10-6-7-11-16)19-13-12-18-17(2,14-19)15-8-4-3-5-9-15/h3-5,8-9,18H,6-7,10-14H2,1-2H3. The third-order valence-electron chi connectivity index (χ3n) is 5.26. The predicted molar refractivity (Wildman–Crippen MR) is 80.2 cm³/mol. The fourth-order valence-electron chi connectivity index (χ4n) is 3.90. The molecule has 1 aromatic carbocycles. The highest BCUT2D eigenvalue weighted by molar-refractivity contribution is 5.25. The summed E-state index contributed by atoms with van der Waals surface area (Å²) in [6.07, 6.45) is 5.56. The van der Waals surface area contributed by atoms with Gasteiger partial charge < -0.3 is 5.32 Å². The molecule has 19 heavy (non-hydrogen) atoms. The van der Waals surface area contributed by atoms with Gasteiger partial charge in [0.15, 0.2) is 0 Å². The molecule has 1 saturated carbocycles.